The normalized spacial score (nSPS) is 10.5. The third-order valence-electron chi connectivity index (χ3n) is 2.97. The van der Waals surface area contributed by atoms with Crippen molar-refractivity contribution in [3.63, 3.8) is 0 Å². The van der Waals surface area contributed by atoms with Crippen LogP contribution in [0.15, 0.2) is 24.3 Å². The van der Waals surface area contributed by atoms with Gasteiger partial charge in [0.2, 0.25) is 0 Å². The number of anilines is 1. The first kappa shape index (κ1) is 14.4. The van der Waals surface area contributed by atoms with Crippen LogP contribution in [0.1, 0.15) is 51.9 Å². The number of hydrogen-bond donors (Lipinski definition) is 1. The van der Waals surface area contributed by atoms with Crippen LogP contribution in [-0.2, 0) is 0 Å². The van der Waals surface area contributed by atoms with Crippen molar-refractivity contribution in [1.82, 2.24) is 0 Å². The molecule has 0 saturated heterocycles. The molecule has 0 radical (unpaired) electrons. The molecule has 17 heavy (non-hydrogen) atoms. The smallest absolute Gasteiger partial charge is 0.0637 e. The highest BCUT2D eigenvalue weighted by Gasteiger charge is 1.96. The maximum absolute atomic E-state index is 6.06. The Bertz CT molecular complexity index is 299. The summed E-state index contributed by atoms with van der Waals surface area (Å²) in [5.41, 5.74) is 1.06. The van der Waals surface area contributed by atoms with Gasteiger partial charge in [0.05, 0.1) is 10.7 Å². The summed E-state index contributed by atoms with van der Waals surface area (Å²) in [6, 6.07) is 7.93. The van der Waals surface area contributed by atoms with Crippen molar-refractivity contribution in [2.24, 2.45) is 0 Å². The molecule has 0 aliphatic rings. The largest absolute Gasteiger partial charge is 0.384 e. The van der Waals surface area contributed by atoms with E-state index >= 15 is 0 Å². The first-order chi connectivity index (χ1) is 8.34. The third-order valence-corrected chi connectivity index (χ3v) is 3.30. The number of benzene rings is 1. The summed E-state index contributed by atoms with van der Waals surface area (Å²) in [5, 5.41) is 4.20. The number of rotatable bonds is 9. The molecule has 96 valence electrons. The Labute approximate surface area is 111 Å². The Morgan fingerprint density at radius 1 is 0.941 bits per heavy atom. The average Bonchev–Trinajstić information content (AvgIpc) is 2.35. The van der Waals surface area contributed by atoms with Gasteiger partial charge >= 0.3 is 0 Å². The summed E-state index contributed by atoms with van der Waals surface area (Å²) in [4.78, 5) is 0. The lowest BCUT2D eigenvalue weighted by atomic mass is 10.1. The Balaban J connectivity index is 1.99. The minimum absolute atomic E-state index is 0.815. The summed E-state index contributed by atoms with van der Waals surface area (Å²) >= 11 is 6.06. The van der Waals surface area contributed by atoms with E-state index in [1.165, 1.54) is 44.9 Å². The van der Waals surface area contributed by atoms with Gasteiger partial charge < -0.3 is 5.32 Å². The monoisotopic (exact) mass is 253 g/mol. The number of halogens is 1. The molecule has 0 spiro atoms. The van der Waals surface area contributed by atoms with E-state index in [1.54, 1.807) is 0 Å². The van der Waals surface area contributed by atoms with Crippen molar-refractivity contribution in [3.05, 3.63) is 29.3 Å². The minimum atomic E-state index is 0.815. The Morgan fingerprint density at radius 3 is 2.29 bits per heavy atom. The molecule has 1 aromatic carbocycles. The molecule has 0 atom stereocenters. The average molecular weight is 254 g/mol. The number of unbranched alkanes of at least 4 members (excludes halogenated alkanes) is 6. The van der Waals surface area contributed by atoms with E-state index in [-0.39, 0.29) is 0 Å². The Morgan fingerprint density at radius 2 is 1.59 bits per heavy atom. The Kier molecular flexibility index (Phi) is 7.91. The van der Waals surface area contributed by atoms with Crippen molar-refractivity contribution in [2.75, 3.05) is 11.9 Å². The lowest BCUT2D eigenvalue weighted by Gasteiger charge is -2.07. The molecule has 0 aliphatic heterocycles. The zero-order chi connectivity index (χ0) is 12.3. The van der Waals surface area contributed by atoms with Gasteiger partial charge in [-0.25, -0.2) is 0 Å². The third kappa shape index (κ3) is 6.58. The van der Waals surface area contributed by atoms with Gasteiger partial charge in [-0.1, -0.05) is 69.2 Å². The van der Waals surface area contributed by atoms with E-state index in [0.717, 1.165) is 17.3 Å². The molecule has 0 aromatic heterocycles. The molecule has 1 nitrogen and oxygen atoms in total. The fourth-order valence-electron chi connectivity index (χ4n) is 1.91. The molecule has 0 heterocycles. The van der Waals surface area contributed by atoms with Crippen molar-refractivity contribution in [2.45, 2.75) is 51.9 Å². The van der Waals surface area contributed by atoms with Gasteiger partial charge in [-0.15, -0.1) is 0 Å². The summed E-state index contributed by atoms with van der Waals surface area (Å²) in [5.74, 6) is 0. The van der Waals surface area contributed by atoms with E-state index in [0.29, 0.717) is 0 Å². The van der Waals surface area contributed by atoms with E-state index in [1.807, 2.05) is 24.3 Å². The fraction of sp³-hybridized carbons (Fsp3) is 0.600. The van der Waals surface area contributed by atoms with Crippen LogP contribution >= 0.6 is 11.6 Å². The standard InChI is InChI=1S/C15H24ClN/c1-2-3-4-5-6-7-10-13-17-15-12-9-8-11-14(15)16/h8-9,11-12,17H,2-7,10,13H2,1H3. The SMILES string of the molecule is CCCCCCCCCNc1ccccc1Cl. The maximum atomic E-state index is 6.06. The number of para-hydroxylation sites is 1. The van der Waals surface area contributed by atoms with Crippen molar-refractivity contribution >= 4 is 17.3 Å². The van der Waals surface area contributed by atoms with Gasteiger partial charge in [-0.05, 0) is 18.6 Å². The molecule has 0 fully saturated rings. The lowest BCUT2D eigenvalue weighted by molar-refractivity contribution is 0.596. The number of nitrogens with one attached hydrogen (secondary N) is 1. The predicted octanol–water partition coefficient (Wildman–Crippen LogP) is 5.50. The molecular formula is C15H24ClN. The van der Waals surface area contributed by atoms with E-state index < -0.39 is 0 Å². The molecule has 2 heteroatoms. The summed E-state index contributed by atoms with van der Waals surface area (Å²) in [6.07, 6.45) is 9.42. The van der Waals surface area contributed by atoms with Crippen LogP contribution in [0.5, 0.6) is 0 Å². The van der Waals surface area contributed by atoms with Crippen molar-refractivity contribution < 1.29 is 0 Å². The molecule has 0 unspecified atom stereocenters. The fourth-order valence-corrected chi connectivity index (χ4v) is 2.11. The zero-order valence-corrected chi connectivity index (χ0v) is 11.6. The predicted molar refractivity (Wildman–Crippen MR) is 77.9 cm³/mol. The second kappa shape index (κ2) is 9.35. The lowest BCUT2D eigenvalue weighted by Crippen LogP contribution is -2.01. The Hall–Kier alpha value is -0.690. The van der Waals surface area contributed by atoms with Crippen molar-refractivity contribution in [1.29, 1.82) is 0 Å². The van der Waals surface area contributed by atoms with E-state index in [4.69, 9.17) is 11.6 Å². The molecule has 0 aliphatic carbocycles. The number of hydrogen-bond acceptors (Lipinski definition) is 1. The van der Waals surface area contributed by atoms with Gasteiger partial charge in [0, 0.05) is 6.54 Å². The van der Waals surface area contributed by atoms with Crippen LogP contribution in [-0.4, -0.2) is 6.54 Å². The van der Waals surface area contributed by atoms with Gasteiger partial charge in [0.15, 0.2) is 0 Å². The van der Waals surface area contributed by atoms with E-state index in [9.17, 15) is 0 Å². The van der Waals surface area contributed by atoms with Crippen molar-refractivity contribution in [3.8, 4) is 0 Å². The molecule has 0 saturated carbocycles. The molecule has 1 aromatic rings. The minimum Gasteiger partial charge on any atom is -0.384 e. The highest BCUT2D eigenvalue weighted by atomic mass is 35.5. The summed E-state index contributed by atoms with van der Waals surface area (Å²) < 4.78 is 0. The van der Waals surface area contributed by atoms with Crippen LogP contribution in [0.2, 0.25) is 5.02 Å². The maximum Gasteiger partial charge on any atom is 0.0637 e. The first-order valence-corrected chi connectivity index (χ1v) is 7.20. The zero-order valence-electron chi connectivity index (χ0n) is 10.8. The summed E-state index contributed by atoms with van der Waals surface area (Å²) in [6.45, 7) is 3.28. The second-order valence-corrected chi connectivity index (χ2v) is 4.94. The highest BCUT2D eigenvalue weighted by Crippen LogP contribution is 2.20. The van der Waals surface area contributed by atoms with Crippen LogP contribution in [0.4, 0.5) is 5.69 Å². The molecule has 0 bridgehead atoms. The first-order valence-electron chi connectivity index (χ1n) is 6.83. The molecular weight excluding hydrogens is 230 g/mol. The van der Waals surface area contributed by atoms with Crippen LogP contribution in [0.3, 0.4) is 0 Å². The second-order valence-electron chi connectivity index (χ2n) is 4.53. The van der Waals surface area contributed by atoms with Crippen LogP contribution < -0.4 is 5.32 Å². The van der Waals surface area contributed by atoms with Crippen LogP contribution in [0, 0.1) is 0 Å². The van der Waals surface area contributed by atoms with Gasteiger partial charge in [-0.3, -0.25) is 0 Å². The highest BCUT2D eigenvalue weighted by molar-refractivity contribution is 6.33. The van der Waals surface area contributed by atoms with Gasteiger partial charge in [0.1, 0.15) is 0 Å². The molecule has 1 rings (SSSR count). The van der Waals surface area contributed by atoms with Crippen LogP contribution in [0.25, 0.3) is 0 Å². The van der Waals surface area contributed by atoms with Gasteiger partial charge in [-0.2, -0.15) is 0 Å². The topological polar surface area (TPSA) is 12.0 Å². The van der Waals surface area contributed by atoms with E-state index in [2.05, 4.69) is 12.2 Å². The quantitative estimate of drug-likeness (QED) is 0.573. The molecule has 1 N–H and O–H groups in total. The molecule has 0 amide bonds. The summed E-state index contributed by atoms with van der Waals surface area (Å²) in [7, 11) is 0. The van der Waals surface area contributed by atoms with Gasteiger partial charge in [0.25, 0.3) is 0 Å².